The largest absolute Gasteiger partial charge is 0.507 e. The van der Waals surface area contributed by atoms with Gasteiger partial charge >= 0.3 is 0 Å². The quantitative estimate of drug-likeness (QED) is 0.600. The maximum atomic E-state index is 14.1. The van der Waals surface area contributed by atoms with Gasteiger partial charge in [-0.1, -0.05) is 19.1 Å². The summed E-state index contributed by atoms with van der Waals surface area (Å²) in [5, 5.41) is 12.8. The minimum Gasteiger partial charge on any atom is -0.507 e. The van der Waals surface area contributed by atoms with Crippen LogP contribution in [0.3, 0.4) is 0 Å². The number of fused-ring (bicyclic) bond motifs is 2. The molecule has 118 valence electrons. The highest BCUT2D eigenvalue weighted by Gasteiger charge is 2.15. The Morgan fingerprint density at radius 2 is 1.88 bits per heavy atom. The number of halogens is 1. The summed E-state index contributed by atoms with van der Waals surface area (Å²) in [6.07, 6.45) is 5.41. The molecule has 0 aliphatic rings. The van der Waals surface area contributed by atoms with E-state index in [4.69, 9.17) is 0 Å². The molecule has 5 heteroatoms. The minimum absolute atomic E-state index is 0.108. The summed E-state index contributed by atoms with van der Waals surface area (Å²) < 4.78 is 14.1. The van der Waals surface area contributed by atoms with Crippen molar-refractivity contribution < 1.29 is 9.50 Å². The molecule has 0 saturated carbocycles. The second kappa shape index (κ2) is 5.53. The van der Waals surface area contributed by atoms with Crippen LogP contribution in [-0.2, 0) is 6.42 Å². The first kappa shape index (κ1) is 14.5. The van der Waals surface area contributed by atoms with Crippen molar-refractivity contribution in [3.8, 4) is 17.0 Å². The predicted molar refractivity (Wildman–Crippen MR) is 91.3 cm³/mol. The van der Waals surface area contributed by atoms with E-state index < -0.39 is 0 Å². The summed E-state index contributed by atoms with van der Waals surface area (Å²) in [5.74, 6) is -0.127. The fourth-order valence-corrected chi connectivity index (χ4v) is 3.07. The Morgan fingerprint density at radius 1 is 1.04 bits per heavy atom. The molecule has 2 aromatic carbocycles. The molecule has 4 aromatic rings. The van der Waals surface area contributed by atoms with Gasteiger partial charge in [0.2, 0.25) is 0 Å². The van der Waals surface area contributed by atoms with E-state index in [-0.39, 0.29) is 11.6 Å². The highest BCUT2D eigenvalue weighted by molar-refractivity contribution is 6.01. The summed E-state index contributed by atoms with van der Waals surface area (Å²) in [6, 6.07) is 8.26. The van der Waals surface area contributed by atoms with Gasteiger partial charge in [-0.2, -0.15) is 0 Å². The summed E-state index contributed by atoms with van der Waals surface area (Å²) in [6.45, 7) is 1.91. The number of pyridine rings is 1. The fourth-order valence-electron chi connectivity index (χ4n) is 3.07. The average Bonchev–Trinajstić information content (AvgIpc) is 2.61. The van der Waals surface area contributed by atoms with E-state index in [2.05, 4.69) is 15.0 Å². The lowest BCUT2D eigenvalue weighted by molar-refractivity contribution is 0.478. The lowest BCUT2D eigenvalue weighted by Gasteiger charge is -2.12. The third kappa shape index (κ3) is 2.17. The van der Waals surface area contributed by atoms with Crippen LogP contribution in [-0.4, -0.2) is 20.1 Å². The number of hydrogen-bond donors (Lipinski definition) is 1. The number of aryl methyl sites for hydroxylation is 1. The highest BCUT2D eigenvalue weighted by Crippen LogP contribution is 2.37. The van der Waals surface area contributed by atoms with Crippen LogP contribution in [0.1, 0.15) is 12.5 Å². The topological polar surface area (TPSA) is 58.9 Å². The maximum absolute atomic E-state index is 14.1. The number of nitrogens with zero attached hydrogens (tertiary/aromatic N) is 3. The third-order valence-electron chi connectivity index (χ3n) is 4.23. The van der Waals surface area contributed by atoms with Crippen LogP contribution in [0.4, 0.5) is 4.39 Å². The van der Waals surface area contributed by atoms with Crippen LogP contribution in [0.5, 0.6) is 5.75 Å². The Hall–Kier alpha value is -3.08. The van der Waals surface area contributed by atoms with E-state index >= 15 is 0 Å². The zero-order chi connectivity index (χ0) is 16.7. The highest BCUT2D eigenvalue weighted by atomic mass is 19.1. The van der Waals surface area contributed by atoms with Crippen molar-refractivity contribution in [2.45, 2.75) is 13.3 Å². The van der Waals surface area contributed by atoms with Gasteiger partial charge in [0, 0.05) is 23.3 Å². The minimum atomic E-state index is -0.235. The van der Waals surface area contributed by atoms with Crippen LogP contribution in [0, 0.1) is 5.82 Å². The van der Waals surface area contributed by atoms with Crippen molar-refractivity contribution in [3.63, 3.8) is 0 Å². The first-order chi connectivity index (χ1) is 11.7. The monoisotopic (exact) mass is 319 g/mol. The zero-order valence-corrected chi connectivity index (χ0v) is 13.0. The Labute approximate surface area is 137 Å². The Bertz CT molecular complexity index is 1080. The molecule has 2 aromatic heterocycles. The second-order valence-corrected chi connectivity index (χ2v) is 5.59. The molecule has 4 rings (SSSR count). The lowest BCUT2D eigenvalue weighted by atomic mass is 9.95. The van der Waals surface area contributed by atoms with Crippen molar-refractivity contribution in [1.82, 2.24) is 15.0 Å². The van der Waals surface area contributed by atoms with Crippen molar-refractivity contribution in [2.24, 2.45) is 0 Å². The molecule has 4 nitrogen and oxygen atoms in total. The van der Waals surface area contributed by atoms with E-state index in [1.807, 2.05) is 6.92 Å². The third-order valence-corrected chi connectivity index (χ3v) is 4.23. The Morgan fingerprint density at radius 3 is 2.71 bits per heavy atom. The van der Waals surface area contributed by atoms with E-state index in [0.717, 1.165) is 21.7 Å². The van der Waals surface area contributed by atoms with Crippen molar-refractivity contribution >= 4 is 21.7 Å². The van der Waals surface area contributed by atoms with Crippen LogP contribution in [0.15, 0.2) is 49.1 Å². The van der Waals surface area contributed by atoms with Gasteiger partial charge in [-0.3, -0.25) is 4.98 Å². The molecule has 0 amide bonds. The summed E-state index contributed by atoms with van der Waals surface area (Å²) in [5.41, 5.74) is 2.56. The molecule has 2 heterocycles. The molecule has 0 unspecified atom stereocenters. The Balaban J connectivity index is 2.06. The van der Waals surface area contributed by atoms with Gasteiger partial charge in [-0.15, -0.1) is 0 Å². The van der Waals surface area contributed by atoms with Crippen LogP contribution in [0.25, 0.3) is 32.9 Å². The summed E-state index contributed by atoms with van der Waals surface area (Å²) in [4.78, 5) is 12.6. The number of hydrogen-bond acceptors (Lipinski definition) is 4. The van der Waals surface area contributed by atoms with Crippen LogP contribution >= 0.6 is 0 Å². The standard InChI is InChI=1S/C19H14FN3O/c1-2-12-13-4-6-18(24)19(14(13)3-5-15(12)20)17-7-16-11(9-22-17)8-21-10-23-16/h3-10,24H,2H2,1H3. The maximum Gasteiger partial charge on any atom is 0.127 e. The fraction of sp³-hybridized carbons (Fsp3) is 0.105. The van der Waals surface area contributed by atoms with Crippen LogP contribution in [0.2, 0.25) is 0 Å². The zero-order valence-electron chi connectivity index (χ0n) is 13.0. The van der Waals surface area contributed by atoms with Crippen molar-refractivity contribution in [2.75, 3.05) is 0 Å². The van der Waals surface area contributed by atoms with Crippen molar-refractivity contribution in [3.05, 3.63) is 60.4 Å². The Kier molecular flexibility index (Phi) is 3.34. The molecule has 1 N–H and O–H groups in total. The first-order valence-corrected chi connectivity index (χ1v) is 7.68. The van der Waals surface area contributed by atoms with Gasteiger partial charge in [0.1, 0.15) is 17.9 Å². The number of aromatic nitrogens is 3. The van der Waals surface area contributed by atoms with Gasteiger partial charge < -0.3 is 5.11 Å². The van der Waals surface area contributed by atoms with E-state index in [9.17, 15) is 9.50 Å². The SMILES string of the molecule is CCc1c(F)ccc2c(-c3cc4ncncc4cn3)c(O)ccc12. The van der Waals surface area contributed by atoms with Crippen molar-refractivity contribution in [1.29, 1.82) is 0 Å². The number of phenolic OH excluding ortho intramolecular Hbond substituents is 1. The average molecular weight is 319 g/mol. The van der Waals surface area contributed by atoms with E-state index in [1.54, 1.807) is 36.7 Å². The molecule has 0 radical (unpaired) electrons. The molecule has 24 heavy (non-hydrogen) atoms. The molecule has 0 atom stereocenters. The molecular weight excluding hydrogens is 305 g/mol. The van der Waals surface area contributed by atoms with Gasteiger partial charge in [0.05, 0.1) is 11.2 Å². The van der Waals surface area contributed by atoms with Gasteiger partial charge in [0.15, 0.2) is 0 Å². The van der Waals surface area contributed by atoms with E-state index in [1.165, 1.54) is 12.4 Å². The lowest BCUT2D eigenvalue weighted by Crippen LogP contribution is -1.93. The predicted octanol–water partition coefficient (Wildman–Crippen LogP) is 4.25. The molecule has 0 spiro atoms. The smallest absolute Gasteiger partial charge is 0.127 e. The molecule has 0 aliphatic heterocycles. The van der Waals surface area contributed by atoms with E-state index in [0.29, 0.717) is 23.2 Å². The normalized spacial score (nSPS) is 11.2. The van der Waals surface area contributed by atoms with Crippen LogP contribution < -0.4 is 0 Å². The number of benzene rings is 2. The first-order valence-electron chi connectivity index (χ1n) is 7.68. The number of aromatic hydroxyl groups is 1. The molecule has 0 saturated heterocycles. The molecule has 0 bridgehead atoms. The second-order valence-electron chi connectivity index (χ2n) is 5.59. The summed E-state index contributed by atoms with van der Waals surface area (Å²) in [7, 11) is 0. The molecular formula is C19H14FN3O. The van der Waals surface area contributed by atoms with Gasteiger partial charge in [0.25, 0.3) is 0 Å². The summed E-state index contributed by atoms with van der Waals surface area (Å²) >= 11 is 0. The molecule has 0 fully saturated rings. The van der Waals surface area contributed by atoms with Gasteiger partial charge in [-0.05, 0) is 41.0 Å². The van der Waals surface area contributed by atoms with Gasteiger partial charge in [-0.25, -0.2) is 14.4 Å². The number of rotatable bonds is 2. The number of phenols is 1. The molecule has 0 aliphatic carbocycles.